The molecule has 0 saturated carbocycles. The summed E-state index contributed by atoms with van der Waals surface area (Å²) in [5, 5.41) is 8.61. The molecule has 0 saturated heterocycles. The second kappa shape index (κ2) is 10.1. The molecule has 2 amide bonds. The maximum atomic E-state index is 14.4. The van der Waals surface area contributed by atoms with Crippen LogP contribution in [0.4, 0.5) is 27.4 Å². The standard InChI is InChI=1S/C27H24FN5O2/c1-16-13-17(2)25(23(28)14-16)26(35)31-21-5-4-6-22(15-21)32-27-29-12-11-24(33-27)19-7-9-20(10-8-19)30-18(3)34/h4-15H,1-3H3,(H,30,34)(H,31,35)(H,29,32,33). The SMILES string of the molecule is CC(=O)Nc1ccc(-c2ccnc(Nc3cccc(NC(=O)c4c(C)cc(C)cc4F)c3)n2)cc1. The van der Waals surface area contributed by atoms with Gasteiger partial charge in [0.1, 0.15) is 5.82 Å². The fourth-order valence-electron chi connectivity index (χ4n) is 3.71. The third kappa shape index (κ3) is 5.86. The number of rotatable bonds is 6. The van der Waals surface area contributed by atoms with Crippen molar-refractivity contribution in [3.05, 3.63) is 95.4 Å². The monoisotopic (exact) mass is 469 g/mol. The Balaban J connectivity index is 1.49. The molecule has 0 bridgehead atoms. The van der Waals surface area contributed by atoms with E-state index < -0.39 is 11.7 Å². The number of hydrogen-bond acceptors (Lipinski definition) is 5. The van der Waals surface area contributed by atoms with Gasteiger partial charge in [-0.1, -0.05) is 24.3 Å². The Morgan fingerprint density at radius 1 is 0.857 bits per heavy atom. The highest BCUT2D eigenvalue weighted by Gasteiger charge is 2.16. The minimum atomic E-state index is -0.551. The molecule has 0 aliphatic heterocycles. The van der Waals surface area contributed by atoms with Gasteiger partial charge >= 0.3 is 0 Å². The van der Waals surface area contributed by atoms with E-state index in [0.717, 1.165) is 11.1 Å². The normalized spacial score (nSPS) is 10.5. The van der Waals surface area contributed by atoms with Crippen LogP contribution in [0.5, 0.6) is 0 Å². The van der Waals surface area contributed by atoms with E-state index in [0.29, 0.717) is 34.3 Å². The molecule has 35 heavy (non-hydrogen) atoms. The number of carbonyl (C=O) groups is 2. The predicted molar refractivity (Wildman–Crippen MR) is 135 cm³/mol. The lowest BCUT2D eigenvalue weighted by Crippen LogP contribution is -2.15. The molecule has 0 fully saturated rings. The lowest BCUT2D eigenvalue weighted by atomic mass is 10.0. The van der Waals surface area contributed by atoms with E-state index in [4.69, 9.17) is 0 Å². The molecule has 3 aromatic carbocycles. The van der Waals surface area contributed by atoms with Gasteiger partial charge in [0, 0.05) is 35.7 Å². The van der Waals surface area contributed by atoms with Crippen LogP contribution in [0.3, 0.4) is 0 Å². The first-order valence-electron chi connectivity index (χ1n) is 10.9. The molecule has 0 aliphatic carbocycles. The molecule has 0 aliphatic rings. The topological polar surface area (TPSA) is 96.0 Å². The summed E-state index contributed by atoms with van der Waals surface area (Å²) < 4.78 is 14.4. The molecule has 1 heterocycles. The van der Waals surface area contributed by atoms with Crippen molar-refractivity contribution in [3.63, 3.8) is 0 Å². The molecular weight excluding hydrogens is 445 g/mol. The fourth-order valence-corrected chi connectivity index (χ4v) is 3.71. The van der Waals surface area contributed by atoms with Crippen LogP contribution in [-0.2, 0) is 4.79 Å². The van der Waals surface area contributed by atoms with Crippen molar-refractivity contribution in [2.24, 2.45) is 0 Å². The number of amides is 2. The number of hydrogen-bond donors (Lipinski definition) is 3. The molecule has 3 N–H and O–H groups in total. The Kier molecular flexibility index (Phi) is 6.82. The Bertz CT molecular complexity index is 1380. The van der Waals surface area contributed by atoms with E-state index in [1.165, 1.54) is 13.0 Å². The van der Waals surface area contributed by atoms with Gasteiger partial charge < -0.3 is 16.0 Å². The zero-order chi connectivity index (χ0) is 24.9. The van der Waals surface area contributed by atoms with Crippen LogP contribution in [0.1, 0.15) is 28.4 Å². The molecule has 0 atom stereocenters. The minimum absolute atomic E-state index is 0.0227. The summed E-state index contributed by atoms with van der Waals surface area (Å²) in [5.74, 6) is -0.830. The minimum Gasteiger partial charge on any atom is -0.326 e. The zero-order valence-electron chi connectivity index (χ0n) is 19.5. The van der Waals surface area contributed by atoms with Gasteiger partial charge in [0.25, 0.3) is 5.91 Å². The smallest absolute Gasteiger partial charge is 0.258 e. The van der Waals surface area contributed by atoms with Crippen LogP contribution < -0.4 is 16.0 Å². The highest BCUT2D eigenvalue weighted by atomic mass is 19.1. The lowest BCUT2D eigenvalue weighted by Gasteiger charge is -2.12. The van der Waals surface area contributed by atoms with Gasteiger partial charge in [-0.3, -0.25) is 9.59 Å². The first-order chi connectivity index (χ1) is 16.8. The molecule has 176 valence electrons. The summed E-state index contributed by atoms with van der Waals surface area (Å²) in [6.07, 6.45) is 1.64. The zero-order valence-corrected chi connectivity index (χ0v) is 19.5. The van der Waals surface area contributed by atoms with Gasteiger partial charge in [0.05, 0.1) is 11.3 Å². The Hall–Kier alpha value is -4.59. The van der Waals surface area contributed by atoms with Crippen LogP contribution >= 0.6 is 0 Å². The number of nitrogens with one attached hydrogen (secondary N) is 3. The molecule has 7 nitrogen and oxygen atoms in total. The molecule has 0 unspecified atom stereocenters. The third-order valence-electron chi connectivity index (χ3n) is 5.19. The molecule has 1 aromatic heterocycles. The van der Waals surface area contributed by atoms with Gasteiger partial charge in [-0.2, -0.15) is 0 Å². The van der Waals surface area contributed by atoms with E-state index in [2.05, 4.69) is 25.9 Å². The highest BCUT2D eigenvalue weighted by Crippen LogP contribution is 2.24. The van der Waals surface area contributed by atoms with E-state index >= 15 is 0 Å². The van der Waals surface area contributed by atoms with Crippen molar-refractivity contribution in [1.29, 1.82) is 0 Å². The third-order valence-corrected chi connectivity index (χ3v) is 5.19. The summed E-state index contributed by atoms with van der Waals surface area (Å²) in [5.41, 5.74) is 4.78. The molecule has 0 spiro atoms. The van der Waals surface area contributed by atoms with Gasteiger partial charge in [-0.25, -0.2) is 14.4 Å². The molecular formula is C27H24FN5O2. The Morgan fingerprint density at radius 3 is 2.31 bits per heavy atom. The second-order valence-electron chi connectivity index (χ2n) is 8.12. The van der Waals surface area contributed by atoms with E-state index in [1.807, 2.05) is 18.2 Å². The molecule has 4 aromatic rings. The largest absolute Gasteiger partial charge is 0.326 e. The molecule has 0 radical (unpaired) electrons. The quantitative estimate of drug-likeness (QED) is 0.329. The predicted octanol–water partition coefficient (Wildman–Crippen LogP) is 5.85. The van der Waals surface area contributed by atoms with Crippen LogP contribution in [-0.4, -0.2) is 21.8 Å². The average Bonchev–Trinajstić information content (AvgIpc) is 2.79. The number of carbonyl (C=O) groups excluding carboxylic acids is 2. The highest BCUT2D eigenvalue weighted by molar-refractivity contribution is 6.05. The first kappa shape index (κ1) is 23.6. The molecule has 8 heteroatoms. The van der Waals surface area contributed by atoms with Crippen molar-refractivity contribution in [2.45, 2.75) is 20.8 Å². The number of nitrogens with zero attached hydrogens (tertiary/aromatic N) is 2. The van der Waals surface area contributed by atoms with E-state index in [9.17, 15) is 14.0 Å². The first-order valence-corrected chi connectivity index (χ1v) is 10.9. The van der Waals surface area contributed by atoms with Gasteiger partial charge in [-0.05, 0) is 67.4 Å². The van der Waals surface area contributed by atoms with Gasteiger partial charge in [0.15, 0.2) is 0 Å². The van der Waals surface area contributed by atoms with Crippen molar-refractivity contribution < 1.29 is 14.0 Å². The number of aromatic nitrogens is 2. The summed E-state index contributed by atoms with van der Waals surface area (Å²) in [6.45, 7) is 4.95. The summed E-state index contributed by atoms with van der Waals surface area (Å²) >= 11 is 0. The van der Waals surface area contributed by atoms with Crippen LogP contribution in [0, 0.1) is 19.7 Å². The maximum Gasteiger partial charge on any atom is 0.258 e. The number of anilines is 4. The van der Waals surface area contributed by atoms with Gasteiger partial charge in [0.2, 0.25) is 11.9 Å². The van der Waals surface area contributed by atoms with E-state index in [1.54, 1.807) is 62.5 Å². The van der Waals surface area contributed by atoms with Crippen molar-refractivity contribution in [1.82, 2.24) is 9.97 Å². The summed E-state index contributed by atoms with van der Waals surface area (Å²) in [4.78, 5) is 32.7. The molecule has 4 rings (SSSR count). The summed E-state index contributed by atoms with van der Waals surface area (Å²) in [6, 6.07) is 19.2. The number of aryl methyl sites for hydroxylation is 2. The Morgan fingerprint density at radius 2 is 1.60 bits per heavy atom. The number of benzene rings is 3. The van der Waals surface area contributed by atoms with E-state index in [-0.39, 0.29) is 11.5 Å². The van der Waals surface area contributed by atoms with Crippen molar-refractivity contribution in [2.75, 3.05) is 16.0 Å². The second-order valence-corrected chi connectivity index (χ2v) is 8.12. The summed E-state index contributed by atoms with van der Waals surface area (Å²) in [7, 11) is 0. The number of halogens is 1. The lowest BCUT2D eigenvalue weighted by molar-refractivity contribution is -0.114. The fraction of sp³-hybridized carbons (Fsp3) is 0.111. The van der Waals surface area contributed by atoms with Crippen LogP contribution in [0.2, 0.25) is 0 Å². The van der Waals surface area contributed by atoms with Gasteiger partial charge in [-0.15, -0.1) is 0 Å². The maximum absolute atomic E-state index is 14.4. The van der Waals surface area contributed by atoms with Crippen LogP contribution in [0.25, 0.3) is 11.3 Å². The van der Waals surface area contributed by atoms with Crippen molar-refractivity contribution in [3.8, 4) is 11.3 Å². The van der Waals surface area contributed by atoms with Crippen LogP contribution in [0.15, 0.2) is 72.9 Å². The average molecular weight is 470 g/mol. The Labute approximate surface area is 202 Å². The van der Waals surface area contributed by atoms with Crippen molar-refractivity contribution >= 4 is 34.8 Å².